The molecule has 0 aliphatic carbocycles. The number of hydrogen-bond acceptors (Lipinski definition) is 1. The average Bonchev–Trinajstić information content (AvgIpc) is 2.10. The highest BCUT2D eigenvalue weighted by Gasteiger charge is 1.98. The standard InChI is InChI=1S/C11H24O/c1-3-4-5-6-7-8-9-11(2)10-12/h11-12H,3-10H2,1-2H3/t11-/m1/s1. The number of unbranched alkanes of at least 4 members (excludes halogenated alkanes) is 5. The van der Waals surface area contributed by atoms with Gasteiger partial charge in [-0.2, -0.15) is 0 Å². The Morgan fingerprint density at radius 2 is 1.58 bits per heavy atom. The van der Waals surface area contributed by atoms with E-state index in [9.17, 15) is 0 Å². The third-order valence-electron chi connectivity index (χ3n) is 2.36. The van der Waals surface area contributed by atoms with Gasteiger partial charge in [0.05, 0.1) is 0 Å². The maximum Gasteiger partial charge on any atom is 0.0456 e. The fourth-order valence-electron chi connectivity index (χ4n) is 1.36. The van der Waals surface area contributed by atoms with Crippen LogP contribution in [0.3, 0.4) is 0 Å². The third kappa shape index (κ3) is 8.06. The molecule has 0 aliphatic rings. The lowest BCUT2D eigenvalue weighted by Crippen LogP contribution is -1.99. The summed E-state index contributed by atoms with van der Waals surface area (Å²) in [4.78, 5) is 0. The number of aliphatic hydroxyl groups is 1. The molecule has 0 radical (unpaired) electrons. The highest BCUT2D eigenvalue weighted by Crippen LogP contribution is 2.11. The molecule has 1 atom stereocenters. The molecule has 0 bridgehead atoms. The van der Waals surface area contributed by atoms with E-state index in [-0.39, 0.29) is 0 Å². The lowest BCUT2D eigenvalue weighted by Gasteiger charge is -2.06. The van der Waals surface area contributed by atoms with Gasteiger partial charge in [0.1, 0.15) is 0 Å². The zero-order valence-corrected chi connectivity index (χ0v) is 8.68. The molecule has 0 saturated carbocycles. The number of hydrogen-bond donors (Lipinski definition) is 1. The van der Waals surface area contributed by atoms with Crippen molar-refractivity contribution in [3.05, 3.63) is 0 Å². The summed E-state index contributed by atoms with van der Waals surface area (Å²) in [5.41, 5.74) is 0. The first-order valence-electron chi connectivity index (χ1n) is 5.42. The molecule has 12 heavy (non-hydrogen) atoms. The fraction of sp³-hybridized carbons (Fsp3) is 1.00. The average molecular weight is 172 g/mol. The Kier molecular flexibility index (Phi) is 9.02. The van der Waals surface area contributed by atoms with Crippen molar-refractivity contribution >= 4 is 0 Å². The van der Waals surface area contributed by atoms with Gasteiger partial charge in [0.15, 0.2) is 0 Å². The third-order valence-corrected chi connectivity index (χ3v) is 2.36. The van der Waals surface area contributed by atoms with Crippen molar-refractivity contribution in [2.75, 3.05) is 6.61 Å². The highest BCUT2D eigenvalue weighted by atomic mass is 16.3. The van der Waals surface area contributed by atoms with Crippen molar-refractivity contribution in [3.8, 4) is 0 Å². The van der Waals surface area contributed by atoms with Gasteiger partial charge in [-0.3, -0.25) is 0 Å². The van der Waals surface area contributed by atoms with Crippen LogP contribution in [-0.4, -0.2) is 11.7 Å². The van der Waals surface area contributed by atoms with E-state index >= 15 is 0 Å². The lowest BCUT2D eigenvalue weighted by molar-refractivity contribution is 0.227. The summed E-state index contributed by atoms with van der Waals surface area (Å²) in [6.07, 6.45) is 9.33. The number of rotatable bonds is 8. The van der Waals surface area contributed by atoms with E-state index in [1.807, 2.05) is 0 Å². The molecule has 0 rings (SSSR count). The Balaban J connectivity index is 2.90. The van der Waals surface area contributed by atoms with E-state index in [0.717, 1.165) is 0 Å². The lowest BCUT2D eigenvalue weighted by atomic mass is 10.0. The van der Waals surface area contributed by atoms with Gasteiger partial charge in [0.2, 0.25) is 0 Å². The SMILES string of the molecule is CCCCCCCC[C@@H](C)CO. The largest absolute Gasteiger partial charge is 0.396 e. The summed E-state index contributed by atoms with van der Waals surface area (Å²) < 4.78 is 0. The predicted molar refractivity (Wildman–Crippen MR) is 54.2 cm³/mol. The molecule has 0 amide bonds. The molecular weight excluding hydrogens is 148 g/mol. The zero-order chi connectivity index (χ0) is 9.23. The molecule has 0 aromatic carbocycles. The molecule has 0 heterocycles. The Morgan fingerprint density at radius 1 is 1.00 bits per heavy atom. The van der Waals surface area contributed by atoms with Crippen LogP contribution in [0.15, 0.2) is 0 Å². The molecule has 1 N–H and O–H groups in total. The molecule has 0 spiro atoms. The molecule has 1 heteroatoms. The Labute approximate surface area is 77.2 Å². The quantitative estimate of drug-likeness (QED) is 0.557. The van der Waals surface area contributed by atoms with Crippen molar-refractivity contribution < 1.29 is 5.11 Å². The normalized spacial score (nSPS) is 13.2. The fourth-order valence-corrected chi connectivity index (χ4v) is 1.36. The first-order chi connectivity index (χ1) is 5.81. The Bertz CT molecular complexity index is 81.1. The van der Waals surface area contributed by atoms with E-state index in [0.29, 0.717) is 12.5 Å². The van der Waals surface area contributed by atoms with Gasteiger partial charge in [-0.05, 0) is 12.3 Å². The summed E-state index contributed by atoms with van der Waals surface area (Å²) in [6, 6.07) is 0. The van der Waals surface area contributed by atoms with Crippen LogP contribution in [0.2, 0.25) is 0 Å². The summed E-state index contributed by atoms with van der Waals surface area (Å²) in [7, 11) is 0. The van der Waals surface area contributed by atoms with Crippen molar-refractivity contribution in [1.29, 1.82) is 0 Å². The molecular formula is C11H24O. The molecule has 0 fully saturated rings. The second kappa shape index (κ2) is 9.05. The molecule has 74 valence electrons. The molecule has 0 aliphatic heterocycles. The van der Waals surface area contributed by atoms with Gasteiger partial charge >= 0.3 is 0 Å². The van der Waals surface area contributed by atoms with Gasteiger partial charge in [-0.25, -0.2) is 0 Å². The zero-order valence-electron chi connectivity index (χ0n) is 8.68. The van der Waals surface area contributed by atoms with E-state index in [1.165, 1.54) is 44.9 Å². The summed E-state index contributed by atoms with van der Waals surface area (Å²) in [5.74, 6) is 0.510. The van der Waals surface area contributed by atoms with Crippen LogP contribution in [0.5, 0.6) is 0 Å². The Hall–Kier alpha value is -0.0400. The number of aliphatic hydroxyl groups excluding tert-OH is 1. The van der Waals surface area contributed by atoms with Crippen molar-refractivity contribution in [3.63, 3.8) is 0 Å². The molecule has 0 aromatic heterocycles. The van der Waals surface area contributed by atoms with Gasteiger partial charge in [-0.15, -0.1) is 0 Å². The van der Waals surface area contributed by atoms with Crippen LogP contribution in [0.25, 0.3) is 0 Å². The molecule has 0 saturated heterocycles. The van der Waals surface area contributed by atoms with E-state index in [4.69, 9.17) is 5.11 Å². The van der Waals surface area contributed by atoms with Gasteiger partial charge in [0, 0.05) is 6.61 Å². The van der Waals surface area contributed by atoms with Gasteiger partial charge in [0.25, 0.3) is 0 Å². The van der Waals surface area contributed by atoms with Crippen molar-refractivity contribution in [2.24, 2.45) is 5.92 Å². The second-order valence-corrected chi connectivity index (χ2v) is 3.84. The summed E-state index contributed by atoms with van der Waals surface area (Å²) in [6.45, 7) is 4.72. The molecule has 0 unspecified atom stereocenters. The maximum absolute atomic E-state index is 8.78. The minimum Gasteiger partial charge on any atom is -0.396 e. The maximum atomic E-state index is 8.78. The highest BCUT2D eigenvalue weighted by molar-refractivity contribution is 4.51. The van der Waals surface area contributed by atoms with Crippen LogP contribution >= 0.6 is 0 Å². The summed E-state index contributed by atoms with van der Waals surface area (Å²) in [5, 5.41) is 8.78. The van der Waals surface area contributed by atoms with E-state index in [2.05, 4.69) is 13.8 Å². The van der Waals surface area contributed by atoms with Crippen LogP contribution in [-0.2, 0) is 0 Å². The second-order valence-electron chi connectivity index (χ2n) is 3.84. The summed E-state index contributed by atoms with van der Waals surface area (Å²) >= 11 is 0. The van der Waals surface area contributed by atoms with Crippen LogP contribution in [0, 0.1) is 5.92 Å². The monoisotopic (exact) mass is 172 g/mol. The van der Waals surface area contributed by atoms with Crippen LogP contribution in [0.1, 0.15) is 58.8 Å². The van der Waals surface area contributed by atoms with E-state index in [1.54, 1.807) is 0 Å². The first-order valence-corrected chi connectivity index (χ1v) is 5.42. The minimum absolute atomic E-state index is 0.356. The van der Waals surface area contributed by atoms with Gasteiger partial charge < -0.3 is 5.11 Å². The van der Waals surface area contributed by atoms with Crippen LogP contribution in [0.4, 0.5) is 0 Å². The molecule has 1 nitrogen and oxygen atoms in total. The van der Waals surface area contributed by atoms with Gasteiger partial charge in [-0.1, -0.05) is 52.4 Å². The van der Waals surface area contributed by atoms with E-state index < -0.39 is 0 Å². The van der Waals surface area contributed by atoms with Crippen LogP contribution < -0.4 is 0 Å². The van der Waals surface area contributed by atoms with Crippen molar-refractivity contribution in [1.82, 2.24) is 0 Å². The predicted octanol–water partition coefficient (Wildman–Crippen LogP) is 3.37. The minimum atomic E-state index is 0.356. The first kappa shape index (κ1) is 12.0. The molecule has 0 aromatic rings. The van der Waals surface area contributed by atoms with Crippen molar-refractivity contribution in [2.45, 2.75) is 58.8 Å². The topological polar surface area (TPSA) is 20.2 Å². The Morgan fingerprint density at radius 3 is 2.17 bits per heavy atom. The smallest absolute Gasteiger partial charge is 0.0456 e.